The van der Waals surface area contributed by atoms with Gasteiger partial charge in [0.25, 0.3) is 0 Å². The highest BCUT2D eigenvalue weighted by molar-refractivity contribution is 7.18. The molecule has 1 N–H and O–H groups in total. The Kier molecular flexibility index (Phi) is 3.98. The Bertz CT molecular complexity index is 574. The molecule has 1 heterocycles. The van der Waals surface area contributed by atoms with E-state index in [9.17, 15) is 4.79 Å². The van der Waals surface area contributed by atoms with E-state index < -0.39 is 0 Å². The van der Waals surface area contributed by atoms with E-state index in [-0.39, 0.29) is 18.6 Å². The fourth-order valence-corrected chi connectivity index (χ4v) is 3.13. The average molecular weight is 290 g/mol. The van der Waals surface area contributed by atoms with Gasteiger partial charge < -0.3 is 10.1 Å². The molecule has 1 saturated carbocycles. The number of hydrogen-bond donors (Lipinski definition) is 1. The third-order valence-electron chi connectivity index (χ3n) is 3.51. The Balaban J connectivity index is 1.45. The van der Waals surface area contributed by atoms with Crippen molar-refractivity contribution < 1.29 is 9.53 Å². The minimum absolute atomic E-state index is 0.0366. The van der Waals surface area contributed by atoms with E-state index in [0.29, 0.717) is 12.5 Å². The highest BCUT2D eigenvalue weighted by Crippen LogP contribution is 2.32. The van der Waals surface area contributed by atoms with Crippen LogP contribution in [0.15, 0.2) is 24.3 Å². The van der Waals surface area contributed by atoms with Crippen LogP contribution in [0.3, 0.4) is 0 Å². The first kappa shape index (κ1) is 13.5. The summed E-state index contributed by atoms with van der Waals surface area (Å²) < 4.78 is 6.60. The summed E-state index contributed by atoms with van der Waals surface area (Å²) in [5, 5.41) is 3.89. The molecular weight excluding hydrogens is 272 g/mol. The first-order chi connectivity index (χ1) is 9.72. The second kappa shape index (κ2) is 5.89. The minimum Gasteiger partial charge on any atom is -0.364 e. The number of benzene rings is 1. The van der Waals surface area contributed by atoms with Crippen molar-refractivity contribution in [2.45, 2.75) is 32.4 Å². The second-order valence-corrected chi connectivity index (χ2v) is 6.38. The van der Waals surface area contributed by atoms with Gasteiger partial charge in [-0.15, -0.1) is 11.3 Å². The van der Waals surface area contributed by atoms with E-state index in [2.05, 4.69) is 17.2 Å². The van der Waals surface area contributed by atoms with Crippen LogP contribution in [0.2, 0.25) is 0 Å². The predicted molar refractivity (Wildman–Crippen MR) is 79.6 cm³/mol. The van der Waals surface area contributed by atoms with Crippen molar-refractivity contribution in [2.75, 3.05) is 6.61 Å². The van der Waals surface area contributed by atoms with Crippen LogP contribution in [0, 0.1) is 5.92 Å². The molecule has 1 aromatic heterocycles. The summed E-state index contributed by atoms with van der Waals surface area (Å²) in [6, 6.07) is 8.27. The van der Waals surface area contributed by atoms with Gasteiger partial charge in [0.15, 0.2) is 0 Å². The van der Waals surface area contributed by atoms with Crippen molar-refractivity contribution in [3.8, 4) is 0 Å². The van der Waals surface area contributed by atoms with Crippen LogP contribution >= 0.6 is 11.3 Å². The quantitative estimate of drug-likeness (QED) is 0.890. The van der Waals surface area contributed by atoms with Gasteiger partial charge in [-0.05, 0) is 37.8 Å². The number of carbonyl (C=O) groups excluding carboxylic acids is 1. The molecule has 3 rings (SSSR count). The molecular formula is C15H18N2O2S. The van der Waals surface area contributed by atoms with Crippen molar-refractivity contribution in [3.05, 3.63) is 29.3 Å². The summed E-state index contributed by atoms with van der Waals surface area (Å²) in [6.07, 6.45) is 2.46. The van der Waals surface area contributed by atoms with Crippen molar-refractivity contribution in [1.29, 1.82) is 0 Å². The van der Waals surface area contributed by atoms with E-state index in [1.807, 2.05) is 24.3 Å². The molecule has 1 fully saturated rings. The van der Waals surface area contributed by atoms with Crippen LogP contribution in [0.4, 0.5) is 0 Å². The van der Waals surface area contributed by atoms with Crippen LogP contribution in [0.5, 0.6) is 0 Å². The molecule has 4 nitrogen and oxygen atoms in total. The number of nitrogens with zero attached hydrogens (tertiary/aromatic N) is 1. The van der Waals surface area contributed by atoms with Crippen LogP contribution in [0.1, 0.15) is 24.8 Å². The zero-order valence-corrected chi connectivity index (χ0v) is 12.3. The average Bonchev–Trinajstić information content (AvgIpc) is 3.19. The van der Waals surface area contributed by atoms with E-state index in [4.69, 9.17) is 4.74 Å². The number of fused-ring (bicyclic) bond motifs is 1. The number of carbonyl (C=O) groups is 1. The molecule has 1 atom stereocenters. The Morgan fingerprint density at radius 1 is 1.50 bits per heavy atom. The van der Waals surface area contributed by atoms with Gasteiger partial charge >= 0.3 is 0 Å². The van der Waals surface area contributed by atoms with Crippen LogP contribution in [-0.4, -0.2) is 23.5 Å². The normalized spacial score (nSPS) is 16.2. The molecule has 1 aliphatic rings. The lowest BCUT2D eigenvalue weighted by Gasteiger charge is -2.12. The molecule has 0 aliphatic heterocycles. The number of rotatable bonds is 6. The number of nitrogens with one attached hydrogen (secondary N) is 1. The standard InChI is InChI=1S/C15H18N2O2S/c1-10(11-6-7-11)16-14(18)8-19-9-15-17-12-4-2-3-5-13(12)20-15/h2-5,10-11H,6-9H2,1H3,(H,16,18)/t10-/m1/s1. The minimum atomic E-state index is -0.0366. The summed E-state index contributed by atoms with van der Waals surface area (Å²) in [6.45, 7) is 2.56. The van der Waals surface area contributed by atoms with Crippen molar-refractivity contribution in [2.24, 2.45) is 5.92 Å². The summed E-state index contributed by atoms with van der Waals surface area (Å²) >= 11 is 1.61. The Morgan fingerprint density at radius 2 is 2.30 bits per heavy atom. The van der Waals surface area contributed by atoms with E-state index in [0.717, 1.165) is 15.2 Å². The molecule has 1 aromatic carbocycles. The fraction of sp³-hybridized carbons (Fsp3) is 0.467. The molecule has 0 saturated heterocycles. The summed E-state index contributed by atoms with van der Waals surface area (Å²) in [4.78, 5) is 16.2. The van der Waals surface area contributed by atoms with E-state index in [1.54, 1.807) is 11.3 Å². The van der Waals surface area contributed by atoms with Crippen LogP contribution < -0.4 is 5.32 Å². The lowest BCUT2D eigenvalue weighted by atomic mass is 10.2. The number of ether oxygens (including phenoxy) is 1. The lowest BCUT2D eigenvalue weighted by Crippen LogP contribution is -2.36. The smallest absolute Gasteiger partial charge is 0.246 e. The van der Waals surface area contributed by atoms with Crippen molar-refractivity contribution in [1.82, 2.24) is 10.3 Å². The zero-order chi connectivity index (χ0) is 13.9. The fourth-order valence-electron chi connectivity index (χ4n) is 2.22. The summed E-state index contributed by atoms with van der Waals surface area (Å²) in [5.41, 5.74) is 0.989. The zero-order valence-electron chi connectivity index (χ0n) is 11.5. The van der Waals surface area contributed by atoms with Crippen molar-refractivity contribution >= 4 is 27.5 Å². The van der Waals surface area contributed by atoms with Gasteiger partial charge in [-0.2, -0.15) is 0 Å². The lowest BCUT2D eigenvalue weighted by molar-refractivity contribution is -0.126. The monoisotopic (exact) mass is 290 g/mol. The summed E-state index contributed by atoms with van der Waals surface area (Å²) in [7, 11) is 0. The Hall–Kier alpha value is -1.46. The van der Waals surface area contributed by atoms with Gasteiger partial charge in [0.2, 0.25) is 5.91 Å². The van der Waals surface area contributed by atoms with Gasteiger partial charge in [-0.3, -0.25) is 4.79 Å². The van der Waals surface area contributed by atoms with Crippen LogP contribution in [0.25, 0.3) is 10.2 Å². The largest absolute Gasteiger partial charge is 0.364 e. The van der Waals surface area contributed by atoms with Gasteiger partial charge in [0.05, 0.1) is 16.8 Å². The van der Waals surface area contributed by atoms with Gasteiger partial charge in [0, 0.05) is 6.04 Å². The van der Waals surface area contributed by atoms with Crippen molar-refractivity contribution in [3.63, 3.8) is 0 Å². The molecule has 2 aromatic rings. The second-order valence-electron chi connectivity index (χ2n) is 5.26. The van der Waals surface area contributed by atoms with Gasteiger partial charge in [-0.25, -0.2) is 4.98 Å². The molecule has 5 heteroatoms. The maximum atomic E-state index is 11.7. The number of aromatic nitrogens is 1. The molecule has 1 amide bonds. The number of amides is 1. The third-order valence-corrected chi connectivity index (χ3v) is 4.52. The third kappa shape index (κ3) is 3.35. The van der Waals surface area contributed by atoms with Gasteiger partial charge in [0.1, 0.15) is 11.6 Å². The molecule has 0 spiro atoms. The first-order valence-corrected chi connectivity index (χ1v) is 7.75. The number of thiazole rings is 1. The molecule has 0 unspecified atom stereocenters. The van der Waals surface area contributed by atoms with E-state index in [1.165, 1.54) is 12.8 Å². The molecule has 0 bridgehead atoms. The highest BCUT2D eigenvalue weighted by Gasteiger charge is 2.28. The number of hydrogen-bond acceptors (Lipinski definition) is 4. The molecule has 0 radical (unpaired) electrons. The van der Waals surface area contributed by atoms with Crippen LogP contribution in [-0.2, 0) is 16.1 Å². The first-order valence-electron chi connectivity index (χ1n) is 6.94. The van der Waals surface area contributed by atoms with Gasteiger partial charge in [-0.1, -0.05) is 12.1 Å². The molecule has 1 aliphatic carbocycles. The maximum Gasteiger partial charge on any atom is 0.246 e. The summed E-state index contributed by atoms with van der Waals surface area (Å²) in [5.74, 6) is 0.633. The Labute approximate surface area is 122 Å². The number of para-hydroxylation sites is 1. The predicted octanol–water partition coefficient (Wildman–Crippen LogP) is 2.73. The SMILES string of the molecule is C[C@@H](NC(=O)COCc1nc2ccccc2s1)C1CC1. The topological polar surface area (TPSA) is 51.2 Å². The van der Waals surface area contributed by atoms with E-state index >= 15 is 0 Å². The highest BCUT2D eigenvalue weighted by atomic mass is 32.1. The molecule has 20 heavy (non-hydrogen) atoms. The molecule has 106 valence electrons. The Morgan fingerprint density at radius 3 is 3.05 bits per heavy atom. The maximum absolute atomic E-state index is 11.7.